The van der Waals surface area contributed by atoms with Crippen molar-refractivity contribution in [1.29, 1.82) is 0 Å². The van der Waals surface area contributed by atoms with Crippen molar-refractivity contribution in [3.05, 3.63) is 32.9 Å². The monoisotopic (exact) mass is 314 g/mol. The predicted molar refractivity (Wildman–Crippen MR) is 73.1 cm³/mol. The second-order valence-corrected chi connectivity index (χ2v) is 6.33. The molecule has 0 saturated carbocycles. The summed E-state index contributed by atoms with van der Waals surface area (Å²) in [5.74, 6) is 0.906. The summed E-state index contributed by atoms with van der Waals surface area (Å²) in [4.78, 5) is 5.57. The average Bonchev–Trinajstić information content (AvgIpc) is 2.95. The second-order valence-electron chi connectivity index (χ2n) is 3.79. The maximum absolute atomic E-state index is 4.24. The number of nitrogens with zero attached hydrogens (tertiary/aromatic N) is 2. The van der Waals surface area contributed by atoms with E-state index in [4.69, 9.17) is 0 Å². The molecule has 0 radical (unpaired) electrons. The summed E-state index contributed by atoms with van der Waals surface area (Å²) in [5, 5.41) is 10.3. The molecular weight excluding hydrogens is 300 g/mol. The van der Waals surface area contributed by atoms with E-state index in [1.807, 2.05) is 0 Å². The van der Waals surface area contributed by atoms with Crippen LogP contribution in [0.25, 0.3) is 0 Å². The Hall–Kier alpha value is -0.720. The lowest BCUT2D eigenvalue weighted by Gasteiger charge is -2.14. The van der Waals surface area contributed by atoms with Crippen LogP contribution < -0.4 is 5.32 Å². The third-order valence-corrected chi connectivity index (χ3v) is 4.08. The number of hydrogen-bond donors (Lipinski definition) is 2. The number of nitrogens with one attached hydrogen (secondary N) is 2. The number of H-pyrrole nitrogens is 1. The number of aromatic nitrogens is 3. The zero-order valence-corrected chi connectivity index (χ0v) is 12.0. The smallest absolute Gasteiger partial charge is 0.141 e. The Labute approximate surface area is 113 Å². The third kappa shape index (κ3) is 3.62. The lowest BCUT2D eigenvalue weighted by Crippen LogP contribution is -2.24. The van der Waals surface area contributed by atoms with Gasteiger partial charge in [0.25, 0.3) is 0 Å². The Bertz CT molecular complexity index is 440. The Balaban J connectivity index is 2.05. The second kappa shape index (κ2) is 6.28. The van der Waals surface area contributed by atoms with Gasteiger partial charge in [-0.15, -0.1) is 11.3 Å². The topological polar surface area (TPSA) is 53.6 Å². The molecule has 0 aliphatic rings. The minimum atomic E-state index is 0.211. The SMILES string of the molecule is CCCNC(Cc1ccc(Br)s1)c1ncn[nH]1. The van der Waals surface area contributed by atoms with Gasteiger partial charge in [-0.3, -0.25) is 5.10 Å². The third-order valence-electron chi connectivity index (χ3n) is 2.44. The fourth-order valence-electron chi connectivity index (χ4n) is 1.63. The minimum absolute atomic E-state index is 0.211. The van der Waals surface area contributed by atoms with Gasteiger partial charge in [-0.2, -0.15) is 5.10 Å². The van der Waals surface area contributed by atoms with Gasteiger partial charge >= 0.3 is 0 Å². The molecule has 92 valence electrons. The highest BCUT2D eigenvalue weighted by molar-refractivity contribution is 9.11. The highest BCUT2D eigenvalue weighted by atomic mass is 79.9. The molecule has 2 aromatic heterocycles. The Morgan fingerprint density at radius 2 is 2.41 bits per heavy atom. The van der Waals surface area contributed by atoms with Gasteiger partial charge in [-0.25, -0.2) is 4.98 Å². The van der Waals surface area contributed by atoms with Gasteiger partial charge in [0.2, 0.25) is 0 Å². The molecule has 0 aliphatic carbocycles. The fraction of sp³-hybridized carbons (Fsp3) is 0.455. The van der Waals surface area contributed by atoms with Crippen LogP contribution >= 0.6 is 27.3 Å². The van der Waals surface area contributed by atoms with E-state index in [0.29, 0.717) is 0 Å². The predicted octanol–water partition coefficient (Wildman–Crippen LogP) is 2.91. The summed E-state index contributed by atoms with van der Waals surface area (Å²) < 4.78 is 1.17. The molecule has 0 bridgehead atoms. The van der Waals surface area contributed by atoms with E-state index in [2.05, 4.69) is 55.5 Å². The maximum atomic E-state index is 4.24. The molecule has 17 heavy (non-hydrogen) atoms. The first-order valence-corrected chi connectivity index (χ1v) is 7.23. The van der Waals surface area contributed by atoms with Crippen LogP contribution in [-0.2, 0) is 6.42 Å². The average molecular weight is 315 g/mol. The summed E-state index contributed by atoms with van der Waals surface area (Å²) in [5.41, 5.74) is 0. The lowest BCUT2D eigenvalue weighted by molar-refractivity contribution is 0.509. The minimum Gasteiger partial charge on any atom is -0.307 e. The largest absolute Gasteiger partial charge is 0.307 e. The Kier molecular flexibility index (Phi) is 4.70. The molecule has 0 aromatic carbocycles. The van der Waals surface area contributed by atoms with Gasteiger partial charge in [0.15, 0.2) is 0 Å². The Morgan fingerprint density at radius 1 is 1.53 bits per heavy atom. The van der Waals surface area contributed by atoms with Crippen molar-refractivity contribution in [2.24, 2.45) is 0 Å². The molecule has 6 heteroatoms. The van der Waals surface area contributed by atoms with Crippen LogP contribution in [0.5, 0.6) is 0 Å². The molecule has 4 nitrogen and oxygen atoms in total. The molecule has 1 unspecified atom stereocenters. The van der Waals surface area contributed by atoms with Gasteiger partial charge in [-0.1, -0.05) is 6.92 Å². The lowest BCUT2D eigenvalue weighted by atomic mass is 10.1. The normalized spacial score (nSPS) is 12.8. The van der Waals surface area contributed by atoms with Crippen LogP contribution in [0.3, 0.4) is 0 Å². The van der Waals surface area contributed by atoms with Crippen LogP contribution in [0.1, 0.15) is 30.1 Å². The van der Waals surface area contributed by atoms with E-state index in [0.717, 1.165) is 25.2 Å². The summed E-state index contributed by atoms with van der Waals surface area (Å²) >= 11 is 5.25. The van der Waals surface area contributed by atoms with Crippen LogP contribution in [-0.4, -0.2) is 21.7 Å². The van der Waals surface area contributed by atoms with Crippen molar-refractivity contribution >= 4 is 27.3 Å². The van der Waals surface area contributed by atoms with E-state index in [9.17, 15) is 0 Å². The molecule has 2 N–H and O–H groups in total. The fourth-order valence-corrected chi connectivity index (χ4v) is 3.16. The van der Waals surface area contributed by atoms with Gasteiger partial charge < -0.3 is 5.32 Å². The number of halogens is 1. The molecule has 0 spiro atoms. The van der Waals surface area contributed by atoms with Crippen LogP contribution in [0, 0.1) is 0 Å². The van der Waals surface area contributed by atoms with Crippen LogP contribution in [0.15, 0.2) is 22.2 Å². The first kappa shape index (κ1) is 12.7. The van der Waals surface area contributed by atoms with Gasteiger partial charge in [0.05, 0.1) is 9.83 Å². The molecule has 2 heterocycles. The number of aromatic amines is 1. The highest BCUT2D eigenvalue weighted by Crippen LogP contribution is 2.25. The van der Waals surface area contributed by atoms with Gasteiger partial charge in [-0.05, 0) is 41.0 Å². The van der Waals surface area contributed by atoms with Crippen molar-refractivity contribution in [2.45, 2.75) is 25.8 Å². The summed E-state index contributed by atoms with van der Waals surface area (Å²) in [6.45, 7) is 3.14. The summed E-state index contributed by atoms with van der Waals surface area (Å²) in [7, 11) is 0. The quantitative estimate of drug-likeness (QED) is 0.862. The summed E-state index contributed by atoms with van der Waals surface area (Å²) in [6.07, 6.45) is 3.60. The standard InChI is InChI=1S/C11H15BrN4S/c1-2-5-13-9(11-14-7-15-16-11)6-8-3-4-10(12)17-8/h3-4,7,9,13H,2,5-6H2,1H3,(H,14,15,16). The highest BCUT2D eigenvalue weighted by Gasteiger charge is 2.15. The summed E-state index contributed by atoms with van der Waals surface area (Å²) in [6, 6.07) is 4.44. The van der Waals surface area contributed by atoms with E-state index < -0.39 is 0 Å². The van der Waals surface area contributed by atoms with Crippen molar-refractivity contribution < 1.29 is 0 Å². The van der Waals surface area contributed by atoms with Crippen molar-refractivity contribution in [3.63, 3.8) is 0 Å². The van der Waals surface area contributed by atoms with Crippen molar-refractivity contribution in [2.75, 3.05) is 6.54 Å². The van der Waals surface area contributed by atoms with Crippen LogP contribution in [0.2, 0.25) is 0 Å². The molecular formula is C11H15BrN4S. The molecule has 1 atom stereocenters. The van der Waals surface area contributed by atoms with Gasteiger partial charge in [0, 0.05) is 11.3 Å². The number of hydrogen-bond acceptors (Lipinski definition) is 4. The number of thiophene rings is 1. The first-order chi connectivity index (χ1) is 8.29. The van der Waals surface area contributed by atoms with E-state index in [1.165, 1.54) is 8.66 Å². The Morgan fingerprint density at radius 3 is 3.00 bits per heavy atom. The van der Waals surface area contributed by atoms with E-state index in [1.54, 1.807) is 17.7 Å². The zero-order chi connectivity index (χ0) is 12.1. The maximum Gasteiger partial charge on any atom is 0.141 e. The van der Waals surface area contributed by atoms with E-state index >= 15 is 0 Å². The molecule has 0 fully saturated rings. The van der Waals surface area contributed by atoms with Crippen molar-refractivity contribution in [3.8, 4) is 0 Å². The molecule has 0 amide bonds. The molecule has 0 aliphatic heterocycles. The molecule has 2 rings (SSSR count). The van der Waals surface area contributed by atoms with E-state index in [-0.39, 0.29) is 6.04 Å². The van der Waals surface area contributed by atoms with Crippen molar-refractivity contribution in [1.82, 2.24) is 20.5 Å². The molecule has 0 saturated heterocycles. The zero-order valence-electron chi connectivity index (χ0n) is 9.61. The first-order valence-electron chi connectivity index (χ1n) is 5.62. The van der Waals surface area contributed by atoms with Gasteiger partial charge in [0.1, 0.15) is 12.2 Å². The molecule has 2 aromatic rings. The number of rotatable bonds is 6. The van der Waals surface area contributed by atoms with Crippen LogP contribution in [0.4, 0.5) is 0 Å².